The minimum atomic E-state index is -2.77. The van der Waals surface area contributed by atoms with E-state index in [1.807, 2.05) is 6.08 Å². The van der Waals surface area contributed by atoms with E-state index in [2.05, 4.69) is 6.92 Å². The number of unbranched alkanes of at least 4 members (excludes halogenated alkanes) is 1. The highest BCUT2D eigenvalue weighted by atomic mass is 32.2. The van der Waals surface area contributed by atoms with Gasteiger partial charge < -0.3 is 0 Å². The van der Waals surface area contributed by atoms with Crippen LogP contribution in [0.1, 0.15) is 26.2 Å². The van der Waals surface area contributed by atoms with Gasteiger partial charge in [0.1, 0.15) is 0 Å². The lowest BCUT2D eigenvalue weighted by atomic mass is 10.2. The summed E-state index contributed by atoms with van der Waals surface area (Å²) in [6.07, 6.45) is 6.46. The fraction of sp³-hybridized carbons (Fsp3) is 0.750. The SMILES string of the molecule is CCCCC1C=CCS1(=O)=O. The Labute approximate surface area is 68.2 Å². The average Bonchev–Trinajstić information content (AvgIpc) is 2.25. The molecule has 1 aliphatic rings. The van der Waals surface area contributed by atoms with Gasteiger partial charge in [0.25, 0.3) is 0 Å². The lowest BCUT2D eigenvalue weighted by Gasteiger charge is -2.05. The Bertz CT molecular complexity index is 239. The topological polar surface area (TPSA) is 34.1 Å². The van der Waals surface area contributed by atoms with Crippen LogP contribution in [0.15, 0.2) is 12.2 Å². The van der Waals surface area contributed by atoms with Crippen molar-refractivity contribution in [2.45, 2.75) is 31.4 Å². The van der Waals surface area contributed by atoms with Crippen molar-refractivity contribution in [2.24, 2.45) is 0 Å². The Balaban J connectivity index is 2.51. The van der Waals surface area contributed by atoms with Gasteiger partial charge in [0.2, 0.25) is 0 Å². The molecule has 2 nitrogen and oxygen atoms in total. The molecule has 1 rings (SSSR count). The summed E-state index contributed by atoms with van der Waals surface area (Å²) in [6.45, 7) is 2.07. The zero-order valence-electron chi connectivity index (χ0n) is 6.79. The van der Waals surface area contributed by atoms with Gasteiger partial charge in [0.15, 0.2) is 9.84 Å². The molecule has 1 unspecified atom stereocenters. The average molecular weight is 174 g/mol. The molecule has 3 heteroatoms. The molecular weight excluding hydrogens is 160 g/mol. The Morgan fingerprint density at radius 3 is 2.73 bits per heavy atom. The molecule has 0 aliphatic carbocycles. The third-order valence-corrected chi connectivity index (χ3v) is 3.96. The van der Waals surface area contributed by atoms with Crippen LogP contribution in [0.4, 0.5) is 0 Å². The van der Waals surface area contributed by atoms with E-state index in [9.17, 15) is 8.42 Å². The van der Waals surface area contributed by atoms with Gasteiger partial charge in [0.05, 0.1) is 11.0 Å². The van der Waals surface area contributed by atoms with E-state index in [-0.39, 0.29) is 11.0 Å². The Morgan fingerprint density at radius 1 is 1.55 bits per heavy atom. The van der Waals surface area contributed by atoms with Gasteiger partial charge in [-0.2, -0.15) is 0 Å². The van der Waals surface area contributed by atoms with Crippen LogP contribution in [0.2, 0.25) is 0 Å². The quantitative estimate of drug-likeness (QED) is 0.608. The number of hydrogen-bond donors (Lipinski definition) is 0. The van der Waals surface area contributed by atoms with E-state index >= 15 is 0 Å². The Morgan fingerprint density at radius 2 is 2.27 bits per heavy atom. The van der Waals surface area contributed by atoms with Crippen molar-refractivity contribution in [2.75, 3.05) is 5.75 Å². The first-order valence-corrected chi connectivity index (χ1v) is 5.76. The fourth-order valence-corrected chi connectivity index (χ4v) is 2.77. The molecule has 0 saturated carbocycles. The highest BCUT2D eigenvalue weighted by molar-refractivity contribution is 7.92. The highest BCUT2D eigenvalue weighted by Crippen LogP contribution is 2.17. The van der Waals surface area contributed by atoms with Gasteiger partial charge in [-0.15, -0.1) is 0 Å². The molecule has 1 atom stereocenters. The first-order chi connectivity index (χ1) is 5.17. The maximum Gasteiger partial charge on any atom is 0.160 e. The molecule has 11 heavy (non-hydrogen) atoms. The van der Waals surface area contributed by atoms with Gasteiger partial charge in [-0.1, -0.05) is 31.9 Å². The summed E-state index contributed by atoms with van der Waals surface area (Å²) >= 11 is 0. The molecule has 0 aromatic carbocycles. The summed E-state index contributed by atoms with van der Waals surface area (Å²) in [4.78, 5) is 0. The van der Waals surface area contributed by atoms with E-state index in [1.54, 1.807) is 6.08 Å². The van der Waals surface area contributed by atoms with Gasteiger partial charge in [-0.3, -0.25) is 0 Å². The predicted molar refractivity (Wildman–Crippen MR) is 46.2 cm³/mol. The lowest BCUT2D eigenvalue weighted by Crippen LogP contribution is -2.15. The molecule has 0 fully saturated rings. The second kappa shape index (κ2) is 3.39. The maximum atomic E-state index is 11.2. The van der Waals surface area contributed by atoms with Crippen LogP contribution in [0.5, 0.6) is 0 Å². The van der Waals surface area contributed by atoms with Gasteiger partial charge in [-0.05, 0) is 6.42 Å². The second-order valence-corrected chi connectivity index (χ2v) is 5.20. The van der Waals surface area contributed by atoms with Crippen LogP contribution >= 0.6 is 0 Å². The third kappa shape index (κ3) is 2.06. The summed E-state index contributed by atoms with van der Waals surface area (Å²) in [5.41, 5.74) is 0. The largest absolute Gasteiger partial charge is 0.228 e. The molecule has 64 valence electrons. The summed E-state index contributed by atoms with van der Waals surface area (Å²) < 4.78 is 22.4. The minimum Gasteiger partial charge on any atom is -0.228 e. The van der Waals surface area contributed by atoms with Gasteiger partial charge >= 0.3 is 0 Å². The molecule has 0 amide bonds. The van der Waals surface area contributed by atoms with E-state index in [0.29, 0.717) is 0 Å². The molecule has 1 aliphatic heterocycles. The maximum absolute atomic E-state index is 11.2. The first-order valence-electron chi connectivity index (χ1n) is 4.05. The summed E-state index contributed by atoms with van der Waals surface area (Å²) in [5, 5.41) is -0.178. The predicted octanol–water partition coefficient (Wildman–Crippen LogP) is 1.53. The molecule has 0 spiro atoms. The molecule has 0 bridgehead atoms. The monoisotopic (exact) mass is 174 g/mol. The summed E-state index contributed by atoms with van der Waals surface area (Å²) in [6, 6.07) is 0. The second-order valence-electron chi connectivity index (χ2n) is 2.94. The van der Waals surface area contributed by atoms with Gasteiger partial charge in [-0.25, -0.2) is 8.42 Å². The van der Waals surface area contributed by atoms with Crippen LogP contribution in [0.3, 0.4) is 0 Å². The van der Waals surface area contributed by atoms with Crippen molar-refractivity contribution >= 4 is 9.84 Å². The molecule has 0 aromatic rings. The molecule has 0 saturated heterocycles. The molecule has 0 aromatic heterocycles. The lowest BCUT2D eigenvalue weighted by molar-refractivity contribution is 0.585. The van der Waals surface area contributed by atoms with E-state index < -0.39 is 9.84 Å². The van der Waals surface area contributed by atoms with Crippen LogP contribution in [0.25, 0.3) is 0 Å². The van der Waals surface area contributed by atoms with Crippen molar-refractivity contribution in [3.8, 4) is 0 Å². The normalized spacial score (nSPS) is 27.5. The standard InChI is InChI=1S/C8H14O2S/c1-2-3-5-8-6-4-7-11(8,9)10/h4,6,8H,2-3,5,7H2,1H3. The van der Waals surface area contributed by atoms with Crippen LogP contribution in [-0.2, 0) is 9.84 Å². The fourth-order valence-electron chi connectivity index (χ4n) is 1.27. The summed E-state index contributed by atoms with van der Waals surface area (Å²) in [5.74, 6) is 0.251. The molecule has 0 radical (unpaired) electrons. The Kier molecular flexibility index (Phi) is 2.71. The van der Waals surface area contributed by atoms with Crippen molar-refractivity contribution in [1.82, 2.24) is 0 Å². The number of sulfone groups is 1. The van der Waals surface area contributed by atoms with Crippen molar-refractivity contribution in [3.05, 3.63) is 12.2 Å². The van der Waals surface area contributed by atoms with Crippen LogP contribution < -0.4 is 0 Å². The van der Waals surface area contributed by atoms with Crippen molar-refractivity contribution < 1.29 is 8.42 Å². The van der Waals surface area contributed by atoms with E-state index in [1.165, 1.54) is 0 Å². The molecule has 0 N–H and O–H groups in total. The molecule has 1 heterocycles. The minimum absolute atomic E-state index is 0.178. The van der Waals surface area contributed by atoms with Crippen molar-refractivity contribution in [1.29, 1.82) is 0 Å². The first kappa shape index (κ1) is 8.78. The Hall–Kier alpha value is -0.310. The zero-order valence-corrected chi connectivity index (χ0v) is 7.60. The van der Waals surface area contributed by atoms with Crippen LogP contribution in [0, 0.1) is 0 Å². The van der Waals surface area contributed by atoms with Crippen molar-refractivity contribution in [3.63, 3.8) is 0 Å². The number of hydrogen-bond acceptors (Lipinski definition) is 2. The zero-order chi connectivity index (χ0) is 8.32. The third-order valence-electron chi connectivity index (χ3n) is 1.98. The summed E-state index contributed by atoms with van der Waals surface area (Å²) in [7, 11) is -2.77. The highest BCUT2D eigenvalue weighted by Gasteiger charge is 2.25. The molecular formula is C8H14O2S. The smallest absolute Gasteiger partial charge is 0.160 e. The van der Waals surface area contributed by atoms with Gasteiger partial charge in [0, 0.05) is 0 Å². The number of rotatable bonds is 3. The van der Waals surface area contributed by atoms with E-state index in [0.717, 1.165) is 19.3 Å². The van der Waals surface area contributed by atoms with Crippen LogP contribution in [-0.4, -0.2) is 19.4 Å². The van der Waals surface area contributed by atoms with E-state index in [4.69, 9.17) is 0 Å².